The number of nitrogens with zero attached hydrogens (tertiary/aromatic N) is 1. The van der Waals surface area contributed by atoms with Crippen molar-refractivity contribution in [1.29, 1.82) is 0 Å². The van der Waals surface area contributed by atoms with Crippen LogP contribution in [0.3, 0.4) is 0 Å². The Labute approximate surface area is 141 Å². The number of halogens is 2. The number of carbonyl (C=O) groups excluding carboxylic acids is 2. The number of ether oxygens (including phenoxy) is 2. The molecule has 1 saturated heterocycles. The molecule has 6 nitrogen and oxygen atoms in total. The van der Waals surface area contributed by atoms with Crippen molar-refractivity contribution in [2.45, 2.75) is 38.4 Å². The summed E-state index contributed by atoms with van der Waals surface area (Å²) < 4.78 is 42.0. The normalized spacial score (nSPS) is 19.7. The van der Waals surface area contributed by atoms with Gasteiger partial charge in [-0.3, -0.25) is 4.79 Å². The molecule has 0 saturated carbocycles. The predicted octanol–water partition coefficient (Wildman–Crippen LogP) is 2.80. The second-order valence-corrected chi connectivity index (χ2v) is 5.70. The average molecular weight is 351 g/mol. The third-order valence-corrected chi connectivity index (χ3v) is 3.69. The standard InChI is InChI=1S/C17H15F2NO5/c1-9-6-13(17(22)23-9)25-16(21)5-4-15-20-8-14(24-15)11-3-2-10(18)7-12(11)19/h2-3,7-9,13H,4-6H2,1H3. The van der Waals surface area contributed by atoms with Gasteiger partial charge in [0.2, 0.25) is 6.10 Å². The topological polar surface area (TPSA) is 78.6 Å². The number of cyclic esters (lactones) is 1. The monoisotopic (exact) mass is 351 g/mol. The smallest absolute Gasteiger partial charge is 0.347 e. The highest BCUT2D eigenvalue weighted by Crippen LogP contribution is 2.25. The van der Waals surface area contributed by atoms with E-state index >= 15 is 0 Å². The first-order valence-corrected chi connectivity index (χ1v) is 7.72. The van der Waals surface area contributed by atoms with Gasteiger partial charge in [0, 0.05) is 18.9 Å². The van der Waals surface area contributed by atoms with E-state index in [-0.39, 0.29) is 36.2 Å². The van der Waals surface area contributed by atoms with Gasteiger partial charge in [0.15, 0.2) is 11.7 Å². The van der Waals surface area contributed by atoms with E-state index in [2.05, 4.69) is 4.98 Å². The van der Waals surface area contributed by atoms with Crippen molar-refractivity contribution in [1.82, 2.24) is 4.98 Å². The summed E-state index contributed by atoms with van der Waals surface area (Å²) in [4.78, 5) is 27.2. The SMILES string of the molecule is CC1CC(OC(=O)CCc2ncc(-c3ccc(F)cc3F)o2)C(=O)O1. The Morgan fingerprint density at radius 1 is 1.40 bits per heavy atom. The molecule has 0 spiro atoms. The molecule has 0 N–H and O–H groups in total. The summed E-state index contributed by atoms with van der Waals surface area (Å²) in [5.74, 6) is -2.25. The van der Waals surface area contributed by atoms with E-state index in [1.807, 2.05) is 0 Å². The maximum absolute atomic E-state index is 13.7. The molecule has 1 aliphatic rings. The molecular weight excluding hydrogens is 336 g/mol. The first-order chi connectivity index (χ1) is 11.9. The van der Waals surface area contributed by atoms with Crippen molar-refractivity contribution in [3.05, 3.63) is 41.9 Å². The van der Waals surface area contributed by atoms with Crippen LogP contribution >= 0.6 is 0 Å². The lowest BCUT2D eigenvalue weighted by Gasteiger charge is -2.07. The number of aromatic nitrogens is 1. The highest BCUT2D eigenvalue weighted by molar-refractivity contribution is 5.81. The lowest BCUT2D eigenvalue weighted by molar-refractivity contribution is -0.160. The van der Waals surface area contributed by atoms with Gasteiger partial charge in [-0.05, 0) is 19.1 Å². The van der Waals surface area contributed by atoms with Crippen molar-refractivity contribution in [2.24, 2.45) is 0 Å². The lowest BCUT2D eigenvalue weighted by atomic mass is 10.2. The Kier molecular flexibility index (Phi) is 4.78. The van der Waals surface area contributed by atoms with E-state index in [9.17, 15) is 18.4 Å². The minimum atomic E-state index is -0.879. The predicted molar refractivity (Wildman–Crippen MR) is 80.2 cm³/mol. The van der Waals surface area contributed by atoms with Crippen molar-refractivity contribution >= 4 is 11.9 Å². The fraction of sp³-hybridized carbons (Fsp3) is 0.353. The van der Waals surface area contributed by atoms with E-state index < -0.39 is 29.7 Å². The molecule has 1 aromatic heterocycles. The molecule has 2 atom stereocenters. The van der Waals surface area contributed by atoms with Gasteiger partial charge < -0.3 is 13.9 Å². The van der Waals surface area contributed by atoms with Gasteiger partial charge >= 0.3 is 11.9 Å². The second kappa shape index (κ2) is 7.00. The van der Waals surface area contributed by atoms with Gasteiger partial charge in [-0.25, -0.2) is 18.6 Å². The number of carbonyl (C=O) groups is 2. The Hall–Kier alpha value is -2.77. The van der Waals surface area contributed by atoms with Crippen LogP contribution in [0, 0.1) is 11.6 Å². The quantitative estimate of drug-likeness (QED) is 0.771. The van der Waals surface area contributed by atoms with Gasteiger partial charge in [-0.1, -0.05) is 0 Å². The number of hydrogen-bond donors (Lipinski definition) is 0. The van der Waals surface area contributed by atoms with Crippen molar-refractivity contribution in [3.8, 4) is 11.3 Å². The first-order valence-electron chi connectivity index (χ1n) is 7.72. The molecule has 0 bridgehead atoms. The molecule has 25 heavy (non-hydrogen) atoms. The van der Waals surface area contributed by atoms with Crippen molar-refractivity contribution < 1.29 is 32.3 Å². The second-order valence-electron chi connectivity index (χ2n) is 5.70. The number of aryl methyl sites for hydroxylation is 1. The Bertz CT molecular complexity index is 804. The number of esters is 2. The third kappa shape index (κ3) is 4.01. The average Bonchev–Trinajstić information content (AvgIpc) is 3.12. The molecule has 2 aromatic rings. The summed E-state index contributed by atoms with van der Waals surface area (Å²) in [6, 6.07) is 3.10. The van der Waals surface area contributed by atoms with E-state index in [1.165, 1.54) is 12.3 Å². The highest BCUT2D eigenvalue weighted by atomic mass is 19.1. The molecule has 132 valence electrons. The van der Waals surface area contributed by atoms with Gasteiger partial charge in [0.1, 0.15) is 17.7 Å². The summed E-state index contributed by atoms with van der Waals surface area (Å²) in [5.41, 5.74) is 0.0745. The summed E-state index contributed by atoms with van der Waals surface area (Å²) in [5, 5.41) is 0. The molecule has 1 fully saturated rings. The Balaban J connectivity index is 1.56. The molecule has 0 aliphatic carbocycles. The summed E-state index contributed by atoms with van der Waals surface area (Å²) in [6.45, 7) is 1.72. The zero-order valence-electron chi connectivity index (χ0n) is 13.3. The molecular formula is C17H15F2NO5. The van der Waals surface area contributed by atoms with Crippen LogP contribution in [0.15, 0.2) is 28.8 Å². The van der Waals surface area contributed by atoms with Crippen LogP contribution < -0.4 is 0 Å². The minimum absolute atomic E-state index is 0.0516. The maximum Gasteiger partial charge on any atom is 0.347 e. The van der Waals surface area contributed by atoms with Crippen molar-refractivity contribution in [2.75, 3.05) is 0 Å². The van der Waals surface area contributed by atoms with Gasteiger partial charge in [0.25, 0.3) is 0 Å². The molecule has 1 aliphatic heterocycles. The fourth-order valence-electron chi connectivity index (χ4n) is 2.48. The number of benzene rings is 1. The highest BCUT2D eigenvalue weighted by Gasteiger charge is 2.34. The van der Waals surface area contributed by atoms with Crippen LogP contribution in [-0.4, -0.2) is 29.1 Å². The van der Waals surface area contributed by atoms with E-state index in [0.717, 1.165) is 12.1 Å². The number of rotatable bonds is 5. The van der Waals surface area contributed by atoms with Crippen LogP contribution in [0.2, 0.25) is 0 Å². The molecule has 2 heterocycles. The maximum atomic E-state index is 13.7. The van der Waals surface area contributed by atoms with Gasteiger partial charge in [-0.15, -0.1) is 0 Å². The fourth-order valence-corrected chi connectivity index (χ4v) is 2.48. The molecule has 2 unspecified atom stereocenters. The van der Waals surface area contributed by atoms with Crippen LogP contribution in [0.5, 0.6) is 0 Å². The van der Waals surface area contributed by atoms with E-state index in [1.54, 1.807) is 6.92 Å². The Morgan fingerprint density at radius 2 is 2.20 bits per heavy atom. The molecule has 3 rings (SSSR count). The first kappa shape index (κ1) is 17.1. The van der Waals surface area contributed by atoms with Crippen LogP contribution in [0.25, 0.3) is 11.3 Å². The van der Waals surface area contributed by atoms with Gasteiger partial charge in [0.05, 0.1) is 18.2 Å². The van der Waals surface area contributed by atoms with E-state index in [0.29, 0.717) is 6.42 Å². The molecule has 0 radical (unpaired) electrons. The van der Waals surface area contributed by atoms with Crippen LogP contribution in [-0.2, 0) is 25.5 Å². The number of oxazole rings is 1. The minimum Gasteiger partial charge on any atom is -0.460 e. The molecule has 0 amide bonds. The largest absolute Gasteiger partial charge is 0.460 e. The van der Waals surface area contributed by atoms with Crippen LogP contribution in [0.4, 0.5) is 8.78 Å². The lowest BCUT2D eigenvalue weighted by Crippen LogP contribution is -2.22. The zero-order chi connectivity index (χ0) is 18.0. The van der Waals surface area contributed by atoms with Crippen LogP contribution in [0.1, 0.15) is 25.7 Å². The molecule has 1 aromatic carbocycles. The summed E-state index contributed by atoms with van der Waals surface area (Å²) >= 11 is 0. The Morgan fingerprint density at radius 3 is 2.88 bits per heavy atom. The summed E-state index contributed by atoms with van der Waals surface area (Å²) in [7, 11) is 0. The molecule has 8 heteroatoms. The zero-order valence-corrected chi connectivity index (χ0v) is 13.3. The van der Waals surface area contributed by atoms with Gasteiger partial charge in [-0.2, -0.15) is 0 Å². The third-order valence-electron chi connectivity index (χ3n) is 3.69. The number of hydrogen-bond acceptors (Lipinski definition) is 6. The van der Waals surface area contributed by atoms with E-state index in [4.69, 9.17) is 13.9 Å². The van der Waals surface area contributed by atoms with Crippen molar-refractivity contribution in [3.63, 3.8) is 0 Å². The summed E-state index contributed by atoms with van der Waals surface area (Å²) in [6.07, 6.45) is 0.550.